The minimum Gasteiger partial charge on any atom is -0.481 e. The van der Waals surface area contributed by atoms with Gasteiger partial charge in [0, 0.05) is 0 Å². The van der Waals surface area contributed by atoms with E-state index in [1.54, 1.807) is 6.07 Å². The van der Waals surface area contributed by atoms with Crippen LogP contribution in [0.3, 0.4) is 0 Å². The van der Waals surface area contributed by atoms with E-state index < -0.39 is 5.97 Å². The fourth-order valence-electron chi connectivity index (χ4n) is 3.26. The highest BCUT2D eigenvalue weighted by Crippen LogP contribution is 2.47. The molecule has 3 heteroatoms. The van der Waals surface area contributed by atoms with Crippen molar-refractivity contribution in [2.24, 2.45) is 11.3 Å². The molecule has 1 saturated carbocycles. The van der Waals surface area contributed by atoms with Crippen LogP contribution >= 0.6 is 0 Å². The zero-order valence-corrected chi connectivity index (χ0v) is 11.7. The van der Waals surface area contributed by atoms with Crippen LogP contribution < -0.4 is 0 Å². The Bertz CT molecular complexity index is 494. The Balaban J connectivity index is 2.39. The van der Waals surface area contributed by atoms with Gasteiger partial charge >= 0.3 is 5.97 Å². The quantitative estimate of drug-likeness (QED) is 0.872. The number of halogens is 1. The van der Waals surface area contributed by atoms with Crippen LogP contribution in [0.2, 0.25) is 0 Å². The maximum atomic E-state index is 13.2. The monoisotopic (exact) mass is 264 g/mol. The summed E-state index contributed by atoms with van der Waals surface area (Å²) in [6.45, 7) is 6.22. The first kappa shape index (κ1) is 14.0. The lowest BCUT2D eigenvalue weighted by Gasteiger charge is -2.39. The van der Waals surface area contributed by atoms with Gasteiger partial charge in [0.1, 0.15) is 5.82 Å². The summed E-state index contributed by atoms with van der Waals surface area (Å²) in [7, 11) is 0. The largest absolute Gasteiger partial charge is 0.481 e. The molecule has 0 amide bonds. The van der Waals surface area contributed by atoms with Crippen LogP contribution in [0.25, 0.3) is 0 Å². The minimum atomic E-state index is -0.732. The van der Waals surface area contributed by atoms with Crippen molar-refractivity contribution in [3.63, 3.8) is 0 Å². The van der Waals surface area contributed by atoms with Gasteiger partial charge in [0.05, 0.1) is 5.92 Å². The molecule has 1 N–H and O–H groups in total. The predicted octanol–water partition coefficient (Wildman–Crippen LogP) is 4.13. The Morgan fingerprint density at radius 1 is 1.42 bits per heavy atom. The summed E-state index contributed by atoms with van der Waals surface area (Å²) in [5.41, 5.74) is 1.99. The van der Waals surface area contributed by atoms with E-state index in [0.717, 1.165) is 24.0 Å². The third-order valence-electron chi connectivity index (χ3n) is 4.34. The molecule has 0 heterocycles. The fourth-order valence-corrected chi connectivity index (χ4v) is 3.26. The molecule has 19 heavy (non-hydrogen) atoms. The number of carboxylic acid groups (broad SMARTS) is 1. The average molecular weight is 264 g/mol. The van der Waals surface area contributed by atoms with Crippen LogP contribution in [0.15, 0.2) is 18.2 Å². The summed E-state index contributed by atoms with van der Waals surface area (Å²) in [4.78, 5) is 11.5. The van der Waals surface area contributed by atoms with Gasteiger partial charge in [-0.3, -0.25) is 4.79 Å². The van der Waals surface area contributed by atoms with E-state index in [1.807, 2.05) is 6.92 Å². The summed E-state index contributed by atoms with van der Waals surface area (Å²) < 4.78 is 13.2. The van der Waals surface area contributed by atoms with Gasteiger partial charge in [0.25, 0.3) is 0 Å². The summed E-state index contributed by atoms with van der Waals surface area (Å²) in [6, 6.07) is 4.69. The molecule has 1 aromatic carbocycles. The van der Waals surface area contributed by atoms with Crippen LogP contribution in [-0.2, 0) is 4.79 Å². The Morgan fingerprint density at radius 3 is 2.68 bits per heavy atom. The summed E-state index contributed by atoms with van der Waals surface area (Å²) >= 11 is 0. The van der Waals surface area contributed by atoms with E-state index in [2.05, 4.69) is 13.8 Å². The highest BCUT2D eigenvalue weighted by atomic mass is 19.1. The van der Waals surface area contributed by atoms with Crippen molar-refractivity contribution in [1.82, 2.24) is 0 Å². The first-order valence-electron chi connectivity index (χ1n) is 6.79. The predicted molar refractivity (Wildman–Crippen MR) is 72.6 cm³/mol. The van der Waals surface area contributed by atoms with Gasteiger partial charge in [-0.15, -0.1) is 0 Å². The molecule has 1 aliphatic rings. The number of hydrogen-bond donors (Lipinski definition) is 1. The first-order chi connectivity index (χ1) is 8.80. The molecule has 0 saturated heterocycles. The molecule has 2 atom stereocenters. The molecule has 0 spiro atoms. The molecular formula is C16H21FO2. The number of aliphatic carboxylic acids is 1. The zero-order chi connectivity index (χ0) is 14.2. The van der Waals surface area contributed by atoms with Crippen molar-refractivity contribution in [2.75, 3.05) is 0 Å². The standard InChI is InChI=1S/C16H21FO2/c1-10-8-11(17)4-5-12(10)14-9-16(2,3)7-6-13(14)15(18)19/h4-5,8,13-14H,6-7,9H2,1-3H3,(H,18,19). The van der Waals surface area contributed by atoms with Gasteiger partial charge in [0.15, 0.2) is 0 Å². The van der Waals surface area contributed by atoms with Crippen molar-refractivity contribution < 1.29 is 14.3 Å². The zero-order valence-electron chi connectivity index (χ0n) is 11.7. The topological polar surface area (TPSA) is 37.3 Å². The third kappa shape index (κ3) is 2.96. The molecule has 0 aliphatic heterocycles. The molecule has 2 rings (SSSR count). The Hall–Kier alpha value is -1.38. The van der Waals surface area contributed by atoms with Crippen LogP contribution in [0.5, 0.6) is 0 Å². The summed E-state index contributed by atoms with van der Waals surface area (Å²) in [5, 5.41) is 9.41. The lowest BCUT2D eigenvalue weighted by atomic mass is 9.64. The van der Waals surface area contributed by atoms with E-state index in [0.29, 0.717) is 6.42 Å². The number of benzene rings is 1. The Labute approximate surface area is 113 Å². The third-order valence-corrected chi connectivity index (χ3v) is 4.34. The van der Waals surface area contributed by atoms with Crippen molar-refractivity contribution in [1.29, 1.82) is 0 Å². The molecule has 1 aromatic rings. The smallest absolute Gasteiger partial charge is 0.307 e. The molecule has 104 valence electrons. The van der Waals surface area contributed by atoms with Crippen LogP contribution in [0.4, 0.5) is 4.39 Å². The molecule has 0 aromatic heterocycles. The number of rotatable bonds is 2. The van der Waals surface area contributed by atoms with Gasteiger partial charge < -0.3 is 5.11 Å². The number of carboxylic acids is 1. The molecule has 0 bridgehead atoms. The fraction of sp³-hybridized carbons (Fsp3) is 0.562. The molecular weight excluding hydrogens is 243 g/mol. The average Bonchev–Trinajstić information content (AvgIpc) is 2.27. The van der Waals surface area contributed by atoms with Gasteiger partial charge in [-0.05, 0) is 60.8 Å². The van der Waals surface area contributed by atoms with E-state index in [-0.39, 0.29) is 23.1 Å². The van der Waals surface area contributed by atoms with E-state index in [9.17, 15) is 14.3 Å². The second kappa shape index (κ2) is 4.95. The molecule has 2 unspecified atom stereocenters. The van der Waals surface area contributed by atoms with Crippen LogP contribution in [0, 0.1) is 24.1 Å². The summed E-state index contributed by atoms with van der Waals surface area (Å²) in [5.74, 6) is -1.36. The maximum Gasteiger partial charge on any atom is 0.307 e. The Morgan fingerprint density at radius 2 is 2.11 bits per heavy atom. The van der Waals surface area contributed by atoms with Crippen molar-refractivity contribution >= 4 is 5.97 Å². The summed E-state index contributed by atoms with van der Waals surface area (Å²) in [6.07, 6.45) is 2.47. The van der Waals surface area contributed by atoms with Gasteiger partial charge in [-0.2, -0.15) is 0 Å². The number of hydrogen-bond acceptors (Lipinski definition) is 1. The maximum absolute atomic E-state index is 13.2. The van der Waals surface area contributed by atoms with Gasteiger partial charge in [0.2, 0.25) is 0 Å². The number of carbonyl (C=O) groups is 1. The normalized spacial score (nSPS) is 26.1. The SMILES string of the molecule is Cc1cc(F)ccc1C1CC(C)(C)CCC1C(=O)O. The first-order valence-corrected chi connectivity index (χ1v) is 6.79. The van der Waals surface area contributed by atoms with E-state index in [1.165, 1.54) is 12.1 Å². The molecule has 0 radical (unpaired) electrons. The van der Waals surface area contributed by atoms with E-state index in [4.69, 9.17) is 0 Å². The second-order valence-electron chi connectivity index (χ2n) is 6.46. The second-order valence-corrected chi connectivity index (χ2v) is 6.46. The minimum absolute atomic E-state index is 0.0122. The highest BCUT2D eigenvalue weighted by Gasteiger charge is 2.39. The molecule has 2 nitrogen and oxygen atoms in total. The van der Waals surface area contributed by atoms with E-state index >= 15 is 0 Å². The Kier molecular flexibility index (Phi) is 3.66. The van der Waals surface area contributed by atoms with Crippen molar-refractivity contribution in [2.45, 2.75) is 46.0 Å². The molecule has 1 aliphatic carbocycles. The lowest BCUT2D eigenvalue weighted by Crippen LogP contribution is -2.33. The number of aryl methyl sites for hydroxylation is 1. The van der Waals surface area contributed by atoms with Crippen LogP contribution in [0.1, 0.15) is 50.2 Å². The highest BCUT2D eigenvalue weighted by molar-refractivity contribution is 5.71. The molecule has 1 fully saturated rings. The van der Waals surface area contributed by atoms with Crippen molar-refractivity contribution in [3.05, 3.63) is 35.1 Å². The lowest BCUT2D eigenvalue weighted by molar-refractivity contribution is -0.144. The van der Waals surface area contributed by atoms with Gasteiger partial charge in [-0.1, -0.05) is 19.9 Å². The van der Waals surface area contributed by atoms with Crippen molar-refractivity contribution in [3.8, 4) is 0 Å². The van der Waals surface area contributed by atoms with Gasteiger partial charge in [-0.25, -0.2) is 4.39 Å². The van der Waals surface area contributed by atoms with Crippen LogP contribution in [-0.4, -0.2) is 11.1 Å².